The zero-order valence-corrected chi connectivity index (χ0v) is 10.1. The van der Waals surface area contributed by atoms with Crippen LogP contribution in [0.3, 0.4) is 0 Å². The number of carbonyl (C=O) groups is 1. The van der Waals surface area contributed by atoms with E-state index in [4.69, 9.17) is 4.52 Å². The summed E-state index contributed by atoms with van der Waals surface area (Å²) in [5.74, 6) is -0.765. The molecule has 3 rings (SSSR count). The van der Waals surface area contributed by atoms with E-state index < -0.39 is 12.0 Å². The molecule has 0 spiro atoms. The third kappa shape index (κ3) is 1.54. The van der Waals surface area contributed by atoms with Gasteiger partial charge in [0.2, 0.25) is 0 Å². The van der Waals surface area contributed by atoms with Crippen molar-refractivity contribution in [3.8, 4) is 0 Å². The lowest BCUT2D eigenvalue weighted by molar-refractivity contribution is -0.138. The van der Waals surface area contributed by atoms with Crippen molar-refractivity contribution in [1.82, 2.24) is 5.16 Å². The molecule has 0 saturated carbocycles. The standard InChI is InChI=1S/C13H14N2O3/c1-8-12-9(4-2-6-11(12)18-14-8)15-7-3-5-10(15)13(16)17/h2,4,6,10H,3,5,7H2,1H3,(H,16,17). The van der Waals surface area contributed by atoms with Crippen molar-refractivity contribution >= 4 is 22.6 Å². The van der Waals surface area contributed by atoms with Crippen LogP contribution in [-0.4, -0.2) is 28.8 Å². The molecular weight excluding hydrogens is 232 g/mol. The number of anilines is 1. The van der Waals surface area contributed by atoms with E-state index in [2.05, 4.69) is 5.16 Å². The van der Waals surface area contributed by atoms with Gasteiger partial charge in [0.05, 0.1) is 16.8 Å². The Balaban J connectivity index is 2.14. The van der Waals surface area contributed by atoms with Crippen LogP contribution in [0.2, 0.25) is 0 Å². The normalized spacial score (nSPS) is 19.6. The van der Waals surface area contributed by atoms with E-state index in [0.717, 1.165) is 29.7 Å². The molecule has 1 N–H and O–H groups in total. The third-order valence-electron chi connectivity index (χ3n) is 3.49. The molecule has 5 heteroatoms. The van der Waals surface area contributed by atoms with Gasteiger partial charge in [0, 0.05) is 6.54 Å². The van der Waals surface area contributed by atoms with Crippen LogP contribution < -0.4 is 4.90 Å². The first kappa shape index (κ1) is 11.1. The van der Waals surface area contributed by atoms with Crippen molar-refractivity contribution in [3.63, 3.8) is 0 Å². The summed E-state index contributed by atoms with van der Waals surface area (Å²) in [4.78, 5) is 13.2. The summed E-state index contributed by atoms with van der Waals surface area (Å²) in [6.07, 6.45) is 1.59. The Morgan fingerprint density at radius 2 is 2.39 bits per heavy atom. The zero-order valence-electron chi connectivity index (χ0n) is 10.1. The van der Waals surface area contributed by atoms with Gasteiger partial charge in [-0.3, -0.25) is 0 Å². The van der Waals surface area contributed by atoms with Gasteiger partial charge >= 0.3 is 5.97 Å². The summed E-state index contributed by atoms with van der Waals surface area (Å²) >= 11 is 0. The minimum atomic E-state index is -0.765. The molecule has 0 bridgehead atoms. The molecule has 1 atom stereocenters. The number of hydrogen-bond donors (Lipinski definition) is 1. The summed E-state index contributed by atoms with van der Waals surface area (Å²) in [6.45, 7) is 2.64. The molecule has 1 aliphatic rings. The van der Waals surface area contributed by atoms with Gasteiger partial charge < -0.3 is 14.5 Å². The SMILES string of the molecule is Cc1noc2cccc(N3CCCC3C(=O)O)c12. The number of nitrogens with zero attached hydrogens (tertiary/aromatic N) is 2. The summed E-state index contributed by atoms with van der Waals surface area (Å²) in [7, 11) is 0. The maximum Gasteiger partial charge on any atom is 0.326 e. The fraction of sp³-hybridized carbons (Fsp3) is 0.385. The van der Waals surface area contributed by atoms with Gasteiger partial charge in [-0.2, -0.15) is 0 Å². The third-order valence-corrected chi connectivity index (χ3v) is 3.49. The molecule has 1 aliphatic heterocycles. The first-order chi connectivity index (χ1) is 8.68. The number of carboxylic acid groups (broad SMARTS) is 1. The molecule has 1 saturated heterocycles. The maximum absolute atomic E-state index is 11.3. The van der Waals surface area contributed by atoms with Crippen molar-refractivity contribution in [2.75, 3.05) is 11.4 Å². The second kappa shape index (κ2) is 4.01. The molecule has 2 aromatic rings. The molecular formula is C13H14N2O3. The lowest BCUT2D eigenvalue weighted by Crippen LogP contribution is -2.35. The van der Waals surface area contributed by atoms with E-state index >= 15 is 0 Å². The Bertz CT molecular complexity index is 605. The van der Waals surface area contributed by atoms with Crippen LogP contribution in [0.25, 0.3) is 11.0 Å². The molecule has 18 heavy (non-hydrogen) atoms. The Hall–Kier alpha value is -2.04. The van der Waals surface area contributed by atoms with Crippen molar-refractivity contribution < 1.29 is 14.4 Å². The van der Waals surface area contributed by atoms with Gasteiger partial charge in [-0.15, -0.1) is 0 Å². The molecule has 2 heterocycles. The molecule has 1 aromatic heterocycles. The Labute approximate surface area is 104 Å². The topological polar surface area (TPSA) is 66.6 Å². The fourth-order valence-corrected chi connectivity index (χ4v) is 2.67. The Morgan fingerprint density at radius 3 is 3.17 bits per heavy atom. The number of benzene rings is 1. The van der Waals surface area contributed by atoms with Crippen LogP contribution in [0.5, 0.6) is 0 Å². The Kier molecular flexibility index (Phi) is 2.47. The molecule has 94 valence electrons. The first-order valence-corrected chi connectivity index (χ1v) is 6.03. The van der Waals surface area contributed by atoms with E-state index in [-0.39, 0.29) is 0 Å². The molecule has 0 amide bonds. The summed E-state index contributed by atoms with van der Waals surface area (Å²) < 4.78 is 5.22. The number of carboxylic acids is 1. The van der Waals surface area contributed by atoms with E-state index in [1.54, 1.807) is 0 Å². The minimum absolute atomic E-state index is 0.440. The molecule has 1 unspecified atom stereocenters. The quantitative estimate of drug-likeness (QED) is 0.879. The second-order valence-corrected chi connectivity index (χ2v) is 4.61. The van der Waals surface area contributed by atoms with Crippen LogP contribution >= 0.6 is 0 Å². The predicted octanol–water partition coefficient (Wildman–Crippen LogP) is 2.19. The molecule has 0 aliphatic carbocycles. The fourth-order valence-electron chi connectivity index (χ4n) is 2.67. The number of aliphatic carboxylic acids is 1. The lowest BCUT2D eigenvalue weighted by Gasteiger charge is -2.24. The van der Waals surface area contributed by atoms with Gasteiger partial charge in [0.15, 0.2) is 5.58 Å². The maximum atomic E-state index is 11.3. The van der Waals surface area contributed by atoms with Crippen molar-refractivity contribution in [1.29, 1.82) is 0 Å². The van der Waals surface area contributed by atoms with Crippen LogP contribution in [0.15, 0.2) is 22.7 Å². The highest BCUT2D eigenvalue weighted by Gasteiger charge is 2.32. The predicted molar refractivity (Wildman–Crippen MR) is 66.7 cm³/mol. The van der Waals surface area contributed by atoms with Crippen LogP contribution in [-0.2, 0) is 4.79 Å². The summed E-state index contributed by atoms with van der Waals surface area (Å²) in [5.41, 5.74) is 2.42. The molecule has 0 radical (unpaired) electrons. The summed E-state index contributed by atoms with van der Waals surface area (Å²) in [6, 6.07) is 5.22. The number of hydrogen-bond acceptors (Lipinski definition) is 4. The van der Waals surface area contributed by atoms with Gasteiger partial charge in [-0.1, -0.05) is 11.2 Å². The highest BCUT2D eigenvalue weighted by atomic mass is 16.5. The van der Waals surface area contributed by atoms with Crippen LogP contribution in [0.4, 0.5) is 5.69 Å². The van der Waals surface area contributed by atoms with Gasteiger partial charge in [-0.25, -0.2) is 4.79 Å². The van der Waals surface area contributed by atoms with E-state index in [0.29, 0.717) is 12.0 Å². The van der Waals surface area contributed by atoms with Gasteiger partial charge in [0.1, 0.15) is 6.04 Å². The first-order valence-electron chi connectivity index (χ1n) is 6.03. The largest absolute Gasteiger partial charge is 0.480 e. The van der Waals surface area contributed by atoms with Gasteiger partial charge in [0.25, 0.3) is 0 Å². The smallest absolute Gasteiger partial charge is 0.326 e. The average Bonchev–Trinajstić information content (AvgIpc) is 2.96. The van der Waals surface area contributed by atoms with E-state index in [1.165, 1.54) is 0 Å². The zero-order chi connectivity index (χ0) is 12.7. The molecule has 1 aromatic carbocycles. The van der Waals surface area contributed by atoms with Crippen molar-refractivity contribution in [3.05, 3.63) is 23.9 Å². The van der Waals surface area contributed by atoms with Crippen LogP contribution in [0.1, 0.15) is 18.5 Å². The number of rotatable bonds is 2. The second-order valence-electron chi connectivity index (χ2n) is 4.61. The molecule has 5 nitrogen and oxygen atoms in total. The number of aromatic nitrogens is 1. The van der Waals surface area contributed by atoms with Crippen LogP contribution in [0, 0.1) is 6.92 Å². The van der Waals surface area contributed by atoms with Crippen molar-refractivity contribution in [2.45, 2.75) is 25.8 Å². The van der Waals surface area contributed by atoms with E-state index in [9.17, 15) is 9.90 Å². The number of fused-ring (bicyclic) bond motifs is 1. The molecule has 1 fully saturated rings. The average molecular weight is 246 g/mol. The van der Waals surface area contributed by atoms with Gasteiger partial charge in [-0.05, 0) is 31.9 Å². The van der Waals surface area contributed by atoms with Crippen molar-refractivity contribution in [2.24, 2.45) is 0 Å². The van der Waals surface area contributed by atoms with E-state index in [1.807, 2.05) is 30.0 Å². The summed E-state index contributed by atoms with van der Waals surface area (Å²) in [5, 5.41) is 14.1. The Morgan fingerprint density at radius 1 is 1.56 bits per heavy atom. The lowest BCUT2D eigenvalue weighted by atomic mass is 10.1. The number of aryl methyl sites for hydroxylation is 1. The minimum Gasteiger partial charge on any atom is -0.480 e. The highest BCUT2D eigenvalue weighted by molar-refractivity contribution is 5.94. The monoisotopic (exact) mass is 246 g/mol. The highest BCUT2D eigenvalue weighted by Crippen LogP contribution is 2.34.